The number of carbonyl (C=O) groups excluding carboxylic acids is 2. The Morgan fingerprint density at radius 3 is 2.00 bits per heavy atom. The molecule has 1 unspecified atom stereocenters. The number of hydrogen-bond donors (Lipinski definition) is 0. The summed E-state index contributed by atoms with van der Waals surface area (Å²) in [6.07, 6.45) is 0.979. The molecule has 1 saturated heterocycles. The van der Waals surface area contributed by atoms with E-state index in [1.807, 2.05) is 71.9 Å². The van der Waals surface area contributed by atoms with Crippen LogP contribution in [0.2, 0.25) is 0 Å². The molecule has 6 heteroatoms. The first-order valence-corrected chi connectivity index (χ1v) is 10.7. The summed E-state index contributed by atoms with van der Waals surface area (Å²) in [5, 5.41) is 0. The minimum absolute atomic E-state index is 0.0955. The van der Waals surface area contributed by atoms with E-state index < -0.39 is 11.7 Å². The highest BCUT2D eigenvalue weighted by molar-refractivity contribution is 5.76. The van der Waals surface area contributed by atoms with E-state index in [-0.39, 0.29) is 17.4 Å². The smallest absolute Gasteiger partial charge is 0.314 e. The van der Waals surface area contributed by atoms with Crippen molar-refractivity contribution in [1.82, 2.24) is 0 Å². The maximum atomic E-state index is 11.8. The quantitative estimate of drug-likeness (QED) is 0.412. The molecule has 6 nitrogen and oxygen atoms in total. The Labute approximate surface area is 181 Å². The number of rotatable bonds is 9. The summed E-state index contributed by atoms with van der Waals surface area (Å²) in [5.41, 5.74) is -0.807. The maximum absolute atomic E-state index is 11.8. The zero-order valence-corrected chi connectivity index (χ0v) is 19.5. The minimum atomic E-state index is -0.573. The second kappa shape index (κ2) is 11.9. The summed E-state index contributed by atoms with van der Waals surface area (Å²) in [6, 6.07) is 9.31. The normalized spacial score (nSPS) is 15.2. The van der Waals surface area contributed by atoms with E-state index in [0.717, 1.165) is 26.1 Å². The molecule has 1 fully saturated rings. The predicted molar refractivity (Wildman–Crippen MR) is 116 cm³/mol. The van der Waals surface area contributed by atoms with E-state index in [9.17, 15) is 9.59 Å². The molecule has 1 aliphatic rings. The molecule has 1 aromatic carbocycles. The number of para-hydroxylation sites is 1. The van der Waals surface area contributed by atoms with Gasteiger partial charge in [0.25, 0.3) is 0 Å². The van der Waals surface area contributed by atoms with Gasteiger partial charge in [0, 0.05) is 12.8 Å². The Kier molecular flexibility index (Phi) is 10.3. The lowest BCUT2D eigenvalue weighted by Gasteiger charge is -2.27. The zero-order chi connectivity index (χ0) is 22.8. The second-order valence-electron chi connectivity index (χ2n) is 8.88. The van der Waals surface area contributed by atoms with Crippen molar-refractivity contribution in [2.75, 3.05) is 19.8 Å². The van der Waals surface area contributed by atoms with Gasteiger partial charge >= 0.3 is 11.9 Å². The number of benzene rings is 1. The topological polar surface area (TPSA) is 71.1 Å². The molecule has 1 aliphatic heterocycles. The molecule has 0 bridgehead atoms. The lowest BCUT2D eigenvalue weighted by molar-refractivity contribution is -0.172. The molecule has 0 saturated carbocycles. The summed E-state index contributed by atoms with van der Waals surface area (Å²) >= 11 is 0. The van der Waals surface area contributed by atoms with Gasteiger partial charge in [-0.1, -0.05) is 32.0 Å². The van der Waals surface area contributed by atoms with Crippen LogP contribution >= 0.6 is 0 Å². The second-order valence-corrected chi connectivity index (χ2v) is 8.88. The Balaban J connectivity index is 0.000000311. The third kappa shape index (κ3) is 8.74. The van der Waals surface area contributed by atoms with Gasteiger partial charge in [-0.05, 0) is 52.7 Å². The van der Waals surface area contributed by atoms with Crippen molar-refractivity contribution in [2.24, 2.45) is 16.7 Å². The summed E-state index contributed by atoms with van der Waals surface area (Å²) in [4.78, 5) is 23.3. The molecular formula is C24H38O6. The molecule has 1 atom stereocenters. The molecule has 1 heterocycles. The monoisotopic (exact) mass is 422 g/mol. The van der Waals surface area contributed by atoms with Crippen LogP contribution in [0.4, 0.5) is 0 Å². The number of hydrogen-bond acceptors (Lipinski definition) is 6. The molecule has 0 radical (unpaired) electrons. The fourth-order valence-corrected chi connectivity index (χ4v) is 2.08. The minimum Gasteiger partial charge on any atom is -0.465 e. The first-order valence-electron chi connectivity index (χ1n) is 10.7. The average Bonchev–Trinajstić information content (AvgIpc) is 2.67. The molecule has 30 heavy (non-hydrogen) atoms. The lowest BCUT2D eigenvalue weighted by atomic mass is 9.91. The maximum Gasteiger partial charge on any atom is 0.314 e. The van der Waals surface area contributed by atoms with Crippen LogP contribution in [0.25, 0.3) is 0 Å². The van der Waals surface area contributed by atoms with Gasteiger partial charge in [0.15, 0.2) is 0 Å². The van der Waals surface area contributed by atoms with Crippen LogP contribution in [-0.4, -0.2) is 38.0 Å². The molecule has 0 N–H and O–H groups in total. The molecule has 1 aromatic rings. The van der Waals surface area contributed by atoms with Gasteiger partial charge in [-0.25, -0.2) is 0 Å². The van der Waals surface area contributed by atoms with Crippen molar-refractivity contribution < 1.29 is 28.5 Å². The molecular weight excluding hydrogens is 384 g/mol. The Morgan fingerprint density at radius 2 is 1.53 bits per heavy atom. The molecule has 2 rings (SSSR count). The van der Waals surface area contributed by atoms with Crippen molar-refractivity contribution >= 4 is 11.9 Å². The van der Waals surface area contributed by atoms with E-state index in [1.54, 1.807) is 6.92 Å². The van der Waals surface area contributed by atoms with Gasteiger partial charge < -0.3 is 18.9 Å². The van der Waals surface area contributed by atoms with Gasteiger partial charge in [-0.15, -0.1) is 0 Å². The SMILES string of the molecule is CCC(C)(C)C(=O)OC(C)Oc1ccccc1.CCC(C)(C)C(=O)OCC1COC1. The molecule has 170 valence electrons. The van der Waals surface area contributed by atoms with Gasteiger partial charge in [0.05, 0.1) is 30.7 Å². The average molecular weight is 423 g/mol. The summed E-state index contributed by atoms with van der Waals surface area (Å²) in [7, 11) is 0. The summed E-state index contributed by atoms with van der Waals surface area (Å²) < 4.78 is 20.9. The van der Waals surface area contributed by atoms with Gasteiger partial charge in [-0.3, -0.25) is 9.59 Å². The van der Waals surface area contributed by atoms with Gasteiger partial charge in [-0.2, -0.15) is 0 Å². The van der Waals surface area contributed by atoms with Crippen LogP contribution in [0.5, 0.6) is 5.75 Å². The molecule has 0 aliphatic carbocycles. The van der Waals surface area contributed by atoms with E-state index in [2.05, 4.69) is 0 Å². The Morgan fingerprint density at radius 1 is 1.00 bits per heavy atom. The third-order valence-electron chi connectivity index (χ3n) is 5.35. The van der Waals surface area contributed by atoms with Crippen LogP contribution < -0.4 is 4.74 Å². The largest absolute Gasteiger partial charge is 0.465 e. The fraction of sp³-hybridized carbons (Fsp3) is 0.667. The fourth-order valence-electron chi connectivity index (χ4n) is 2.08. The Bertz CT molecular complexity index is 649. The van der Waals surface area contributed by atoms with Crippen LogP contribution in [0, 0.1) is 16.7 Å². The van der Waals surface area contributed by atoms with E-state index >= 15 is 0 Å². The number of ether oxygens (including phenoxy) is 4. The Hall–Kier alpha value is -2.08. The van der Waals surface area contributed by atoms with Crippen LogP contribution in [0.15, 0.2) is 30.3 Å². The van der Waals surface area contributed by atoms with Gasteiger partial charge in [0.2, 0.25) is 6.29 Å². The van der Waals surface area contributed by atoms with Crippen molar-refractivity contribution in [1.29, 1.82) is 0 Å². The highest BCUT2D eigenvalue weighted by Crippen LogP contribution is 2.23. The van der Waals surface area contributed by atoms with Crippen molar-refractivity contribution in [2.45, 2.75) is 67.6 Å². The highest BCUT2D eigenvalue weighted by Gasteiger charge is 2.29. The number of esters is 2. The zero-order valence-electron chi connectivity index (χ0n) is 19.5. The van der Waals surface area contributed by atoms with Crippen LogP contribution in [0.1, 0.15) is 61.3 Å². The van der Waals surface area contributed by atoms with Crippen LogP contribution in [0.3, 0.4) is 0 Å². The van der Waals surface area contributed by atoms with Crippen molar-refractivity contribution in [3.63, 3.8) is 0 Å². The van der Waals surface area contributed by atoms with Crippen molar-refractivity contribution in [3.05, 3.63) is 30.3 Å². The van der Waals surface area contributed by atoms with E-state index in [0.29, 0.717) is 18.3 Å². The molecule has 0 amide bonds. The van der Waals surface area contributed by atoms with E-state index in [1.165, 1.54) is 0 Å². The molecule has 0 aromatic heterocycles. The first kappa shape index (κ1) is 26.0. The predicted octanol–water partition coefficient (Wildman–Crippen LogP) is 5.00. The van der Waals surface area contributed by atoms with Crippen molar-refractivity contribution in [3.8, 4) is 5.75 Å². The standard InChI is InChI=1S/C14H20O3.C10H18O3/c1-5-14(3,4)13(15)17-11(2)16-12-9-7-6-8-10-12;1-4-10(2,3)9(11)13-7-8-5-12-6-8/h6-11H,5H2,1-4H3;8H,4-7H2,1-3H3. The van der Waals surface area contributed by atoms with E-state index in [4.69, 9.17) is 18.9 Å². The lowest BCUT2D eigenvalue weighted by Crippen LogP contribution is -2.35. The summed E-state index contributed by atoms with van der Waals surface area (Å²) in [5.74, 6) is 0.795. The summed E-state index contributed by atoms with van der Waals surface area (Å²) in [6.45, 7) is 15.2. The van der Waals surface area contributed by atoms with Crippen LogP contribution in [-0.2, 0) is 23.8 Å². The number of carbonyl (C=O) groups is 2. The highest BCUT2D eigenvalue weighted by atomic mass is 16.7. The molecule has 0 spiro atoms. The van der Waals surface area contributed by atoms with Gasteiger partial charge in [0.1, 0.15) is 5.75 Å². The first-order chi connectivity index (χ1) is 14.0. The third-order valence-corrected chi connectivity index (χ3v) is 5.35.